The first-order chi connectivity index (χ1) is 20.3. The average molecular weight is 634 g/mol. The Labute approximate surface area is 250 Å². The normalized spacial score (nSPS) is 17.9. The van der Waals surface area contributed by atoms with Gasteiger partial charge in [-0.25, -0.2) is 8.42 Å². The van der Waals surface area contributed by atoms with Crippen LogP contribution in [0.25, 0.3) is 0 Å². The summed E-state index contributed by atoms with van der Waals surface area (Å²) in [5.41, 5.74) is -1.21. The molecule has 15 heteroatoms. The molecule has 1 atom stereocenters. The van der Waals surface area contributed by atoms with Crippen LogP contribution < -0.4 is 26.0 Å². The van der Waals surface area contributed by atoms with Crippen molar-refractivity contribution in [2.75, 3.05) is 39.3 Å². The number of piperidine rings is 2. The number of hydrogen-bond acceptors (Lipinski definition) is 7. The van der Waals surface area contributed by atoms with Crippen LogP contribution in [0.5, 0.6) is 0 Å². The molecule has 0 saturated carbocycles. The highest BCUT2D eigenvalue weighted by Crippen LogP contribution is 2.30. The number of sulfonamides is 1. The highest BCUT2D eigenvalue weighted by atomic mass is 32.2. The Morgan fingerprint density at radius 3 is 2.00 bits per heavy atom. The summed E-state index contributed by atoms with van der Waals surface area (Å²) in [4.78, 5) is 36.5. The number of aliphatic carboxylic acids is 1. The number of carbonyl (C=O) groups excluding carboxylic acids is 2. The van der Waals surface area contributed by atoms with E-state index in [9.17, 15) is 41.1 Å². The lowest BCUT2D eigenvalue weighted by Crippen LogP contribution is -2.50. The number of carboxylic acid groups (broad SMARTS) is 1. The Hall–Kier alpha value is -2.75. The lowest BCUT2D eigenvalue weighted by atomic mass is 9.84. The van der Waals surface area contributed by atoms with E-state index >= 15 is 0 Å². The van der Waals surface area contributed by atoms with E-state index in [-0.39, 0.29) is 11.8 Å². The lowest BCUT2D eigenvalue weighted by Gasteiger charge is -2.27. The van der Waals surface area contributed by atoms with Crippen molar-refractivity contribution in [3.63, 3.8) is 0 Å². The molecule has 0 spiro atoms. The number of amides is 2. The van der Waals surface area contributed by atoms with E-state index in [4.69, 9.17) is 0 Å². The number of carbonyl (C=O) groups is 3. The zero-order chi connectivity index (χ0) is 31.5. The van der Waals surface area contributed by atoms with Crippen molar-refractivity contribution in [2.24, 2.45) is 17.8 Å². The van der Waals surface area contributed by atoms with Crippen LogP contribution in [0.3, 0.4) is 0 Å². The quantitative estimate of drug-likeness (QED) is 0.170. The Kier molecular flexibility index (Phi) is 13.2. The number of nitrogens with one attached hydrogen (secondary N) is 5. The van der Waals surface area contributed by atoms with Crippen LogP contribution in [-0.4, -0.2) is 76.6 Å². The molecule has 2 amide bonds. The summed E-state index contributed by atoms with van der Waals surface area (Å²) in [5.74, 6) is -1.79. The fourth-order valence-corrected chi connectivity index (χ4v) is 6.72. The summed E-state index contributed by atoms with van der Waals surface area (Å²) >= 11 is 0. The molecule has 242 valence electrons. The van der Waals surface area contributed by atoms with E-state index in [0.717, 1.165) is 76.8 Å². The summed E-state index contributed by atoms with van der Waals surface area (Å²) in [7, 11) is -4.66. The second-order valence-corrected chi connectivity index (χ2v) is 13.0. The molecular formula is C28H42F3N5O6S. The minimum absolute atomic E-state index is 0.252. The van der Waals surface area contributed by atoms with Crippen LogP contribution in [-0.2, 0) is 30.6 Å². The molecule has 0 aliphatic carbocycles. The third-order valence-electron chi connectivity index (χ3n) is 8.13. The van der Waals surface area contributed by atoms with Gasteiger partial charge in [-0.15, -0.1) is 0 Å². The Morgan fingerprint density at radius 1 is 0.930 bits per heavy atom. The molecule has 0 aromatic heterocycles. The van der Waals surface area contributed by atoms with Crippen molar-refractivity contribution in [2.45, 2.75) is 68.5 Å². The van der Waals surface area contributed by atoms with Gasteiger partial charge in [-0.05, 0) is 108 Å². The van der Waals surface area contributed by atoms with Gasteiger partial charge in [0.25, 0.3) is 0 Å². The molecule has 11 nitrogen and oxygen atoms in total. The van der Waals surface area contributed by atoms with Gasteiger partial charge in [-0.3, -0.25) is 14.4 Å². The summed E-state index contributed by atoms with van der Waals surface area (Å²) in [6, 6.07) is 1.01. The summed E-state index contributed by atoms with van der Waals surface area (Å²) in [6.07, 6.45) is 2.72. The minimum Gasteiger partial charge on any atom is -0.480 e. The summed E-state index contributed by atoms with van der Waals surface area (Å²) < 4.78 is 66.0. The maximum Gasteiger partial charge on any atom is 0.416 e. The van der Waals surface area contributed by atoms with E-state index in [1.165, 1.54) is 0 Å². The molecule has 0 bridgehead atoms. The molecule has 2 saturated heterocycles. The van der Waals surface area contributed by atoms with Gasteiger partial charge in [0.05, 0.1) is 17.0 Å². The van der Waals surface area contributed by atoms with Crippen molar-refractivity contribution in [3.05, 3.63) is 29.8 Å². The standard InChI is InChI=1S/C28H42F3N5O6S/c29-28(30,31)22-2-1-3-23(16-22)43(41,42)36-24(27(39)40)17-34-25(37)18-35-26(38)21(6-4-19-8-12-32-13-9-19)7-5-20-10-14-33-15-11-20/h1-3,16,19-21,24,32-33,36H,4-15,17-18H2,(H,34,37)(H,35,38)(H,39,40). The molecule has 1 aromatic carbocycles. The third kappa shape index (κ3) is 11.7. The smallest absolute Gasteiger partial charge is 0.416 e. The zero-order valence-corrected chi connectivity index (χ0v) is 24.9. The zero-order valence-electron chi connectivity index (χ0n) is 24.0. The van der Waals surface area contributed by atoms with Crippen molar-refractivity contribution in [1.29, 1.82) is 0 Å². The van der Waals surface area contributed by atoms with Gasteiger partial charge < -0.3 is 26.4 Å². The topological polar surface area (TPSA) is 166 Å². The molecule has 0 radical (unpaired) electrons. The maximum atomic E-state index is 13.1. The Balaban J connectivity index is 1.52. The number of halogens is 3. The van der Waals surface area contributed by atoms with Crippen LogP contribution in [0.1, 0.15) is 56.9 Å². The SMILES string of the molecule is O=C(CNC(=O)C(CCC1CCNCC1)CCC1CCNCC1)NCC(NS(=O)(=O)c1cccc(C(F)(F)F)c1)C(=O)O. The molecule has 2 fully saturated rings. The summed E-state index contributed by atoms with van der Waals surface area (Å²) in [5, 5.41) is 21.1. The number of rotatable bonds is 15. The lowest BCUT2D eigenvalue weighted by molar-refractivity contribution is -0.139. The van der Waals surface area contributed by atoms with Gasteiger partial charge in [0.1, 0.15) is 6.04 Å². The van der Waals surface area contributed by atoms with Crippen LogP contribution in [0, 0.1) is 17.8 Å². The first kappa shape index (κ1) is 34.7. The van der Waals surface area contributed by atoms with Crippen molar-refractivity contribution in [3.8, 4) is 0 Å². The molecule has 1 unspecified atom stereocenters. The van der Waals surface area contributed by atoms with E-state index in [1.807, 2.05) is 4.72 Å². The van der Waals surface area contributed by atoms with Crippen LogP contribution in [0.4, 0.5) is 13.2 Å². The predicted octanol–water partition coefficient (Wildman–Crippen LogP) is 1.85. The van der Waals surface area contributed by atoms with Gasteiger partial charge in [-0.1, -0.05) is 6.07 Å². The van der Waals surface area contributed by atoms with E-state index in [0.29, 0.717) is 36.8 Å². The van der Waals surface area contributed by atoms with Crippen LogP contribution >= 0.6 is 0 Å². The van der Waals surface area contributed by atoms with Gasteiger partial charge in [0.15, 0.2) is 0 Å². The highest BCUT2D eigenvalue weighted by molar-refractivity contribution is 7.89. The predicted molar refractivity (Wildman–Crippen MR) is 152 cm³/mol. The minimum atomic E-state index is -4.80. The molecule has 6 N–H and O–H groups in total. The highest BCUT2D eigenvalue weighted by Gasteiger charge is 2.33. The second kappa shape index (κ2) is 16.4. The molecule has 43 heavy (non-hydrogen) atoms. The third-order valence-corrected chi connectivity index (χ3v) is 9.60. The monoisotopic (exact) mass is 633 g/mol. The second-order valence-electron chi connectivity index (χ2n) is 11.3. The van der Waals surface area contributed by atoms with Gasteiger partial charge in [-0.2, -0.15) is 17.9 Å². The molecule has 1 aromatic rings. The molecule has 2 heterocycles. The van der Waals surface area contributed by atoms with E-state index in [2.05, 4.69) is 21.3 Å². The first-order valence-electron chi connectivity index (χ1n) is 14.7. The summed E-state index contributed by atoms with van der Waals surface area (Å²) in [6.45, 7) is 2.74. The number of benzene rings is 1. The van der Waals surface area contributed by atoms with Gasteiger partial charge in [0, 0.05) is 12.5 Å². The van der Waals surface area contributed by atoms with Crippen molar-refractivity contribution >= 4 is 27.8 Å². The maximum absolute atomic E-state index is 13.1. The fourth-order valence-electron chi connectivity index (χ4n) is 5.49. The number of hydrogen-bond donors (Lipinski definition) is 6. The van der Waals surface area contributed by atoms with Crippen LogP contribution in [0.15, 0.2) is 29.2 Å². The number of carboxylic acids is 1. The Bertz CT molecular complexity index is 1170. The van der Waals surface area contributed by atoms with E-state index in [1.54, 1.807) is 0 Å². The first-order valence-corrected chi connectivity index (χ1v) is 16.2. The average Bonchev–Trinajstić information content (AvgIpc) is 2.98. The van der Waals surface area contributed by atoms with Gasteiger partial charge >= 0.3 is 12.1 Å². The van der Waals surface area contributed by atoms with Crippen molar-refractivity contribution in [1.82, 2.24) is 26.0 Å². The molecule has 2 aliphatic rings. The molecule has 3 rings (SSSR count). The number of alkyl halides is 3. The Morgan fingerprint density at radius 2 is 1.49 bits per heavy atom. The van der Waals surface area contributed by atoms with E-state index < -0.39 is 57.7 Å². The fraction of sp³-hybridized carbons (Fsp3) is 0.679. The molecule has 2 aliphatic heterocycles. The van der Waals surface area contributed by atoms with Gasteiger partial charge in [0.2, 0.25) is 21.8 Å². The van der Waals surface area contributed by atoms with Crippen LogP contribution in [0.2, 0.25) is 0 Å². The largest absolute Gasteiger partial charge is 0.480 e. The van der Waals surface area contributed by atoms with Crippen molar-refractivity contribution < 1.29 is 41.1 Å². The molecular weight excluding hydrogens is 591 g/mol.